The Morgan fingerprint density at radius 1 is 0.960 bits per heavy atom. The van der Waals surface area contributed by atoms with Gasteiger partial charge in [-0.05, 0) is 38.5 Å². The molecule has 0 aliphatic heterocycles. The molecular formula is C21H34O4. The molecule has 0 saturated carbocycles. The number of unbranched alkanes of at least 4 members (excludes halogenated alkanes) is 1. The van der Waals surface area contributed by atoms with E-state index in [0.717, 1.165) is 38.5 Å². The van der Waals surface area contributed by atoms with Gasteiger partial charge in [0.05, 0.1) is 13.2 Å². The second kappa shape index (κ2) is 18.7. The molecule has 0 fully saturated rings. The summed E-state index contributed by atoms with van der Waals surface area (Å²) in [5, 5.41) is 9.02. The third-order valence-corrected chi connectivity index (χ3v) is 3.22. The fraction of sp³-hybridized carbons (Fsp3) is 0.571. The average molecular weight is 350 g/mol. The summed E-state index contributed by atoms with van der Waals surface area (Å²) in [6, 6.07) is 0. The van der Waals surface area contributed by atoms with Crippen LogP contribution in [0.4, 0.5) is 0 Å². The van der Waals surface area contributed by atoms with E-state index >= 15 is 0 Å². The van der Waals surface area contributed by atoms with Gasteiger partial charge in [-0.15, -0.1) is 0 Å². The summed E-state index contributed by atoms with van der Waals surface area (Å²) < 4.78 is 10.3. The number of hydrogen-bond donors (Lipinski definition) is 1. The van der Waals surface area contributed by atoms with E-state index in [0.29, 0.717) is 6.61 Å². The first-order valence-electron chi connectivity index (χ1n) is 9.16. The van der Waals surface area contributed by atoms with Gasteiger partial charge in [-0.2, -0.15) is 0 Å². The average Bonchev–Trinajstić information content (AvgIpc) is 2.60. The summed E-state index contributed by atoms with van der Waals surface area (Å²) >= 11 is 0. The van der Waals surface area contributed by atoms with Crippen LogP contribution >= 0.6 is 0 Å². The van der Waals surface area contributed by atoms with Crippen molar-refractivity contribution < 1.29 is 19.4 Å². The predicted octanol–water partition coefficient (Wildman–Crippen LogP) is 4.51. The second-order valence-corrected chi connectivity index (χ2v) is 5.63. The van der Waals surface area contributed by atoms with Crippen molar-refractivity contribution in [2.24, 2.45) is 0 Å². The topological polar surface area (TPSA) is 55.8 Å². The molecule has 1 N–H and O–H groups in total. The Labute approximate surface area is 152 Å². The molecule has 142 valence electrons. The van der Waals surface area contributed by atoms with Gasteiger partial charge in [0.1, 0.15) is 6.10 Å². The fourth-order valence-corrected chi connectivity index (χ4v) is 1.97. The third kappa shape index (κ3) is 18.5. The van der Waals surface area contributed by atoms with Crippen LogP contribution in [0, 0.1) is 0 Å². The Bertz CT molecular complexity index is 422. The van der Waals surface area contributed by atoms with Gasteiger partial charge in [0, 0.05) is 13.5 Å². The van der Waals surface area contributed by atoms with Crippen LogP contribution in [0.15, 0.2) is 48.6 Å². The number of allylic oxidation sites excluding steroid dienone is 8. The van der Waals surface area contributed by atoms with Gasteiger partial charge in [-0.25, -0.2) is 0 Å². The lowest BCUT2D eigenvalue weighted by Gasteiger charge is -2.14. The van der Waals surface area contributed by atoms with Crippen molar-refractivity contribution in [3.63, 3.8) is 0 Å². The van der Waals surface area contributed by atoms with Crippen LogP contribution in [0.5, 0.6) is 0 Å². The van der Waals surface area contributed by atoms with Crippen molar-refractivity contribution >= 4 is 5.97 Å². The van der Waals surface area contributed by atoms with E-state index in [-0.39, 0.29) is 13.2 Å². The molecule has 0 spiro atoms. The van der Waals surface area contributed by atoms with E-state index in [9.17, 15) is 4.79 Å². The smallest absolute Gasteiger partial charge is 0.303 e. The SMILES string of the molecule is CC/C=C\C/C=C\C/C=C\C/C=C\CCCOCC(CO)OC(C)=O. The fourth-order valence-electron chi connectivity index (χ4n) is 1.97. The second-order valence-electron chi connectivity index (χ2n) is 5.63. The molecule has 4 nitrogen and oxygen atoms in total. The number of ether oxygens (including phenoxy) is 2. The number of hydrogen-bond acceptors (Lipinski definition) is 4. The van der Waals surface area contributed by atoms with E-state index < -0.39 is 12.1 Å². The van der Waals surface area contributed by atoms with Gasteiger partial charge >= 0.3 is 5.97 Å². The molecule has 0 bridgehead atoms. The molecule has 0 aromatic rings. The van der Waals surface area contributed by atoms with Gasteiger partial charge in [0.15, 0.2) is 0 Å². The van der Waals surface area contributed by atoms with Gasteiger partial charge in [0.2, 0.25) is 0 Å². The molecule has 0 radical (unpaired) electrons. The van der Waals surface area contributed by atoms with Crippen LogP contribution < -0.4 is 0 Å². The van der Waals surface area contributed by atoms with E-state index in [1.807, 2.05) is 0 Å². The zero-order chi connectivity index (χ0) is 18.6. The number of aliphatic hydroxyl groups is 1. The number of carbonyl (C=O) groups excluding carboxylic acids is 1. The third-order valence-electron chi connectivity index (χ3n) is 3.22. The van der Waals surface area contributed by atoms with Crippen LogP contribution in [-0.4, -0.2) is 37.0 Å². The van der Waals surface area contributed by atoms with E-state index in [2.05, 4.69) is 55.5 Å². The van der Waals surface area contributed by atoms with Crippen LogP contribution in [0.2, 0.25) is 0 Å². The number of carbonyl (C=O) groups is 1. The molecule has 0 amide bonds. The molecule has 0 heterocycles. The maximum atomic E-state index is 10.8. The Morgan fingerprint density at radius 3 is 2.04 bits per heavy atom. The minimum atomic E-state index is -0.560. The highest BCUT2D eigenvalue weighted by atomic mass is 16.6. The van der Waals surface area contributed by atoms with Crippen molar-refractivity contribution in [2.75, 3.05) is 19.8 Å². The highest BCUT2D eigenvalue weighted by Gasteiger charge is 2.10. The van der Waals surface area contributed by atoms with Crippen molar-refractivity contribution in [2.45, 2.75) is 58.5 Å². The molecule has 0 rings (SSSR count). The lowest BCUT2D eigenvalue weighted by molar-refractivity contribution is -0.151. The summed E-state index contributed by atoms with van der Waals surface area (Å²) in [6.45, 7) is 4.08. The van der Waals surface area contributed by atoms with Crippen LogP contribution in [-0.2, 0) is 14.3 Å². The molecular weight excluding hydrogens is 316 g/mol. The lowest BCUT2D eigenvalue weighted by Crippen LogP contribution is -2.26. The zero-order valence-electron chi connectivity index (χ0n) is 15.7. The van der Waals surface area contributed by atoms with E-state index in [1.54, 1.807) is 0 Å². The molecule has 0 aliphatic carbocycles. The summed E-state index contributed by atoms with van der Waals surface area (Å²) in [6.07, 6.45) is 22.7. The van der Waals surface area contributed by atoms with Gasteiger partial charge in [-0.3, -0.25) is 4.79 Å². The predicted molar refractivity (Wildman–Crippen MR) is 103 cm³/mol. The van der Waals surface area contributed by atoms with Crippen molar-refractivity contribution in [1.82, 2.24) is 0 Å². The van der Waals surface area contributed by atoms with Crippen molar-refractivity contribution in [3.8, 4) is 0 Å². The van der Waals surface area contributed by atoms with Crippen molar-refractivity contribution in [1.29, 1.82) is 0 Å². The first kappa shape index (κ1) is 23.4. The minimum absolute atomic E-state index is 0.212. The summed E-state index contributed by atoms with van der Waals surface area (Å²) in [4.78, 5) is 10.8. The van der Waals surface area contributed by atoms with Gasteiger partial charge < -0.3 is 14.6 Å². The molecule has 4 heteroatoms. The number of esters is 1. The Morgan fingerprint density at radius 2 is 1.52 bits per heavy atom. The minimum Gasteiger partial charge on any atom is -0.458 e. The molecule has 0 aliphatic rings. The quantitative estimate of drug-likeness (QED) is 0.268. The molecule has 0 aromatic carbocycles. The van der Waals surface area contributed by atoms with Crippen LogP contribution in [0.3, 0.4) is 0 Å². The first-order valence-corrected chi connectivity index (χ1v) is 9.16. The zero-order valence-corrected chi connectivity index (χ0v) is 15.7. The van der Waals surface area contributed by atoms with Gasteiger partial charge in [0.25, 0.3) is 0 Å². The summed E-state index contributed by atoms with van der Waals surface area (Å²) in [5.41, 5.74) is 0. The largest absolute Gasteiger partial charge is 0.458 e. The van der Waals surface area contributed by atoms with Crippen LogP contribution in [0.25, 0.3) is 0 Å². The standard InChI is InChI=1S/C21H34O4/c1-3-4-5-6-7-8-9-10-11-12-13-14-15-16-17-24-19-21(18-22)25-20(2)23/h4-5,7-8,10-11,13-14,21-22H,3,6,9,12,15-19H2,1-2H3/b5-4-,8-7-,11-10-,14-13-. The Balaban J connectivity index is 3.50. The van der Waals surface area contributed by atoms with Gasteiger partial charge in [-0.1, -0.05) is 55.5 Å². The normalized spacial score (nSPS) is 13.6. The maximum absolute atomic E-state index is 10.8. The highest BCUT2D eigenvalue weighted by Crippen LogP contribution is 1.99. The molecule has 25 heavy (non-hydrogen) atoms. The Hall–Kier alpha value is -1.65. The molecule has 0 aromatic heterocycles. The molecule has 1 atom stereocenters. The number of rotatable bonds is 15. The van der Waals surface area contributed by atoms with Crippen molar-refractivity contribution in [3.05, 3.63) is 48.6 Å². The number of aliphatic hydroxyl groups excluding tert-OH is 1. The van der Waals surface area contributed by atoms with Crippen LogP contribution in [0.1, 0.15) is 52.4 Å². The maximum Gasteiger partial charge on any atom is 0.303 e. The lowest BCUT2D eigenvalue weighted by atomic mass is 10.2. The first-order chi connectivity index (χ1) is 12.2. The summed E-state index contributed by atoms with van der Waals surface area (Å²) in [5.74, 6) is -0.401. The summed E-state index contributed by atoms with van der Waals surface area (Å²) in [7, 11) is 0. The molecule has 0 saturated heterocycles. The highest BCUT2D eigenvalue weighted by molar-refractivity contribution is 5.66. The Kier molecular flexibility index (Phi) is 17.5. The molecule has 1 unspecified atom stereocenters. The van der Waals surface area contributed by atoms with E-state index in [1.165, 1.54) is 6.92 Å². The monoisotopic (exact) mass is 350 g/mol. The van der Waals surface area contributed by atoms with E-state index in [4.69, 9.17) is 14.6 Å².